The molecule has 1 N–H and O–H groups in total. The van der Waals surface area contributed by atoms with Crippen molar-refractivity contribution in [3.8, 4) is 0 Å². The first-order chi connectivity index (χ1) is 12.0. The Morgan fingerprint density at radius 3 is 2.84 bits per heavy atom. The zero-order valence-corrected chi connectivity index (χ0v) is 14.5. The van der Waals surface area contributed by atoms with Crippen molar-refractivity contribution >= 4 is 29.0 Å². The summed E-state index contributed by atoms with van der Waals surface area (Å²) in [6.45, 7) is 2.21. The van der Waals surface area contributed by atoms with Crippen molar-refractivity contribution in [1.82, 2.24) is 9.38 Å². The van der Waals surface area contributed by atoms with E-state index in [9.17, 15) is 9.59 Å². The maximum Gasteiger partial charge on any atom is 0.347 e. The molecule has 3 rings (SSSR count). The second-order valence-electron chi connectivity index (χ2n) is 5.50. The van der Waals surface area contributed by atoms with Gasteiger partial charge in [0.05, 0.1) is 7.11 Å². The van der Waals surface area contributed by atoms with Gasteiger partial charge in [-0.3, -0.25) is 9.20 Å². The molecule has 7 heteroatoms. The van der Waals surface area contributed by atoms with Crippen LogP contribution < -0.4 is 10.9 Å². The van der Waals surface area contributed by atoms with E-state index in [0.29, 0.717) is 17.2 Å². The highest BCUT2D eigenvalue weighted by molar-refractivity contribution is 6.30. The second-order valence-corrected chi connectivity index (χ2v) is 5.94. The van der Waals surface area contributed by atoms with Crippen molar-refractivity contribution < 1.29 is 9.53 Å². The molecule has 2 heterocycles. The molecule has 0 bridgehead atoms. The standard InChI is InChI=1S/C18H16ClN3O3/c1-11-5-4-8-22-16(11)21-15(14(17(22)23)18(24)25-2)20-10-12-6-3-7-13(19)9-12/h3-9,20H,10H2,1-2H3. The zero-order valence-electron chi connectivity index (χ0n) is 13.7. The predicted molar refractivity (Wildman–Crippen MR) is 96.3 cm³/mol. The van der Waals surface area contributed by atoms with Crippen molar-refractivity contribution in [2.75, 3.05) is 12.4 Å². The number of ether oxygens (including phenoxy) is 1. The molecule has 25 heavy (non-hydrogen) atoms. The monoisotopic (exact) mass is 357 g/mol. The van der Waals surface area contributed by atoms with Gasteiger partial charge in [-0.05, 0) is 36.2 Å². The molecule has 0 amide bonds. The average Bonchev–Trinajstić information content (AvgIpc) is 2.60. The van der Waals surface area contributed by atoms with Gasteiger partial charge in [0.1, 0.15) is 11.5 Å². The molecule has 2 aromatic heterocycles. The van der Waals surface area contributed by atoms with E-state index in [4.69, 9.17) is 16.3 Å². The fraction of sp³-hybridized carbons (Fsp3) is 0.167. The Labute approximate surface area is 149 Å². The first kappa shape index (κ1) is 17.0. The molecule has 1 aromatic carbocycles. The average molecular weight is 358 g/mol. The number of methoxy groups -OCH3 is 1. The first-order valence-corrected chi connectivity index (χ1v) is 7.97. The number of anilines is 1. The number of rotatable bonds is 4. The van der Waals surface area contributed by atoms with Crippen LogP contribution in [0.1, 0.15) is 21.5 Å². The molecule has 6 nitrogen and oxygen atoms in total. The summed E-state index contributed by atoms with van der Waals surface area (Å²) >= 11 is 5.98. The summed E-state index contributed by atoms with van der Waals surface area (Å²) in [5.41, 5.74) is 1.59. The maximum atomic E-state index is 12.7. The minimum atomic E-state index is -0.734. The smallest absolute Gasteiger partial charge is 0.347 e. The third-order valence-electron chi connectivity index (χ3n) is 3.79. The summed E-state index contributed by atoms with van der Waals surface area (Å²) in [4.78, 5) is 29.3. The molecule has 0 aliphatic rings. The Morgan fingerprint density at radius 1 is 1.32 bits per heavy atom. The van der Waals surface area contributed by atoms with Crippen LogP contribution in [-0.2, 0) is 11.3 Å². The molecule has 0 aliphatic carbocycles. The van der Waals surface area contributed by atoms with Crippen molar-refractivity contribution in [3.63, 3.8) is 0 Å². The van der Waals surface area contributed by atoms with E-state index < -0.39 is 11.5 Å². The number of nitrogens with zero attached hydrogens (tertiary/aromatic N) is 2. The van der Waals surface area contributed by atoms with E-state index in [1.165, 1.54) is 11.5 Å². The van der Waals surface area contributed by atoms with Gasteiger partial charge in [-0.15, -0.1) is 0 Å². The van der Waals surface area contributed by atoms with Gasteiger partial charge in [0, 0.05) is 17.8 Å². The van der Waals surface area contributed by atoms with Gasteiger partial charge in [0.15, 0.2) is 5.56 Å². The lowest BCUT2D eigenvalue weighted by Crippen LogP contribution is -2.27. The molecule has 3 aromatic rings. The molecule has 0 atom stereocenters. The Balaban J connectivity index is 2.10. The summed E-state index contributed by atoms with van der Waals surface area (Å²) in [7, 11) is 1.23. The normalized spacial score (nSPS) is 10.7. The van der Waals surface area contributed by atoms with Gasteiger partial charge in [-0.2, -0.15) is 0 Å². The Bertz CT molecular complexity index is 1010. The lowest BCUT2D eigenvalue weighted by atomic mass is 10.2. The van der Waals surface area contributed by atoms with Gasteiger partial charge >= 0.3 is 5.97 Å². The SMILES string of the molecule is COC(=O)c1c(NCc2cccc(Cl)c2)nc2c(C)cccn2c1=O. The van der Waals surface area contributed by atoms with Crippen LogP contribution in [0.15, 0.2) is 47.4 Å². The number of aryl methyl sites for hydroxylation is 1. The van der Waals surface area contributed by atoms with Gasteiger partial charge in [-0.1, -0.05) is 29.8 Å². The number of hydrogen-bond donors (Lipinski definition) is 1. The minimum absolute atomic E-state index is 0.132. The summed E-state index contributed by atoms with van der Waals surface area (Å²) in [6.07, 6.45) is 1.57. The fourth-order valence-electron chi connectivity index (χ4n) is 2.54. The Hall–Kier alpha value is -2.86. The van der Waals surface area contributed by atoms with Crippen LogP contribution in [-0.4, -0.2) is 22.5 Å². The van der Waals surface area contributed by atoms with Crippen LogP contribution in [0.2, 0.25) is 5.02 Å². The van der Waals surface area contributed by atoms with E-state index in [0.717, 1.165) is 11.1 Å². The number of carbonyl (C=O) groups is 1. The lowest BCUT2D eigenvalue weighted by molar-refractivity contribution is 0.0599. The van der Waals surface area contributed by atoms with Gasteiger partial charge < -0.3 is 10.1 Å². The molecule has 0 saturated carbocycles. The maximum absolute atomic E-state index is 12.7. The highest BCUT2D eigenvalue weighted by atomic mass is 35.5. The van der Waals surface area contributed by atoms with Crippen LogP contribution in [0.25, 0.3) is 5.65 Å². The number of aromatic nitrogens is 2. The second kappa shape index (κ2) is 6.94. The molecule has 0 spiro atoms. The molecule has 0 fully saturated rings. The highest BCUT2D eigenvalue weighted by Gasteiger charge is 2.21. The summed E-state index contributed by atoms with van der Waals surface area (Å²) in [6, 6.07) is 10.9. The first-order valence-electron chi connectivity index (χ1n) is 7.60. The molecule has 0 saturated heterocycles. The minimum Gasteiger partial charge on any atom is -0.465 e. The van der Waals surface area contributed by atoms with Crippen LogP contribution in [0, 0.1) is 6.92 Å². The van der Waals surface area contributed by atoms with Crippen LogP contribution in [0.3, 0.4) is 0 Å². The topological polar surface area (TPSA) is 72.7 Å². The van der Waals surface area contributed by atoms with E-state index >= 15 is 0 Å². The van der Waals surface area contributed by atoms with E-state index in [-0.39, 0.29) is 11.4 Å². The molecule has 128 valence electrons. The highest BCUT2D eigenvalue weighted by Crippen LogP contribution is 2.17. The molecule has 0 unspecified atom stereocenters. The largest absolute Gasteiger partial charge is 0.465 e. The molecule has 0 aliphatic heterocycles. The number of fused-ring (bicyclic) bond motifs is 1. The van der Waals surface area contributed by atoms with Gasteiger partial charge in [-0.25, -0.2) is 9.78 Å². The van der Waals surface area contributed by atoms with Crippen molar-refractivity contribution in [2.45, 2.75) is 13.5 Å². The van der Waals surface area contributed by atoms with Crippen molar-refractivity contribution in [3.05, 3.63) is 74.7 Å². The van der Waals surface area contributed by atoms with Crippen LogP contribution in [0.5, 0.6) is 0 Å². The molecule has 0 radical (unpaired) electrons. The Morgan fingerprint density at radius 2 is 2.12 bits per heavy atom. The number of nitrogens with one attached hydrogen (secondary N) is 1. The Kier molecular flexibility index (Phi) is 4.72. The number of halogens is 1. The number of benzene rings is 1. The lowest BCUT2D eigenvalue weighted by Gasteiger charge is -2.12. The van der Waals surface area contributed by atoms with E-state index in [1.54, 1.807) is 24.4 Å². The summed E-state index contributed by atoms with van der Waals surface area (Å²) < 4.78 is 6.09. The number of hydrogen-bond acceptors (Lipinski definition) is 5. The zero-order chi connectivity index (χ0) is 18.0. The third-order valence-corrected chi connectivity index (χ3v) is 4.02. The molecular weight excluding hydrogens is 342 g/mol. The fourth-order valence-corrected chi connectivity index (χ4v) is 2.76. The van der Waals surface area contributed by atoms with E-state index in [2.05, 4.69) is 10.3 Å². The van der Waals surface area contributed by atoms with E-state index in [1.807, 2.05) is 25.1 Å². The predicted octanol–water partition coefficient (Wildman–Crippen LogP) is 3.06. The van der Waals surface area contributed by atoms with Crippen molar-refractivity contribution in [2.24, 2.45) is 0 Å². The number of pyridine rings is 1. The molecular formula is C18H16ClN3O3. The summed E-state index contributed by atoms with van der Waals surface area (Å²) in [5, 5.41) is 3.65. The third kappa shape index (κ3) is 3.34. The van der Waals surface area contributed by atoms with Gasteiger partial charge in [0.25, 0.3) is 5.56 Å². The van der Waals surface area contributed by atoms with Crippen LogP contribution >= 0.6 is 11.6 Å². The number of carbonyl (C=O) groups excluding carboxylic acids is 1. The van der Waals surface area contributed by atoms with Gasteiger partial charge in [0.2, 0.25) is 0 Å². The van der Waals surface area contributed by atoms with Crippen LogP contribution in [0.4, 0.5) is 5.82 Å². The van der Waals surface area contributed by atoms with Crippen molar-refractivity contribution in [1.29, 1.82) is 0 Å². The quantitative estimate of drug-likeness (QED) is 0.726. The number of esters is 1. The summed E-state index contributed by atoms with van der Waals surface area (Å²) in [5.74, 6) is -0.548.